The van der Waals surface area contributed by atoms with E-state index in [9.17, 15) is 4.79 Å². The molecule has 1 aliphatic rings. The molecule has 3 nitrogen and oxygen atoms in total. The second-order valence-electron chi connectivity index (χ2n) is 6.24. The zero-order valence-corrected chi connectivity index (χ0v) is 13.6. The van der Waals surface area contributed by atoms with Crippen molar-refractivity contribution in [3.63, 3.8) is 0 Å². The van der Waals surface area contributed by atoms with E-state index < -0.39 is 0 Å². The van der Waals surface area contributed by atoms with E-state index in [-0.39, 0.29) is 5.91 Å². The number of carbonyl (C=O) groups is 1. The van der Waals surface area contributed by atoms with Gasteiger partial charge in [0.1, 0.15) is 0 Å². The SMILES string of the molecule is CCCCCCCC(CCC)NC(=O)CN1CCCC1. The van der Waals surface area contributed by atoms with Crippen molar-refractivity contribution in [3.8, 4) is 0 Å². The van der Waals surface area contributed by atoms with Crippen LogP contribution in [0, 0.1) is 0 Å². The highest BCUT2D eigenvalue weighted by Crippen LogP contribution is 2.11. The molecule has 1 rings (SSSR count). The number of hydrogen-bond acceptors (Lipinski definition) is 2. The number of unbranched alkanes of at least 4 members (excludes halogenated alkanes) is 4. The summed E-state index contributed by atoms with van der Waals surface area (Å²) in [5.74, 6) is 0.235. The highest BCUT2D eigenvalue weighted by atomic mass is 16.2. The summed E-state index contributed by atoms with van der Waals surface area (Å²) in [6.45, 7) is 7.26. The van der Waals surface area contributed by atoms with Crippen LogP contribution in [0.3, 0.4) is 0 Å². The highest BCUT2D eigenvalue weighted by Gasteiger charge is 2.17. The molecule has 0 radical (unpaired) electrons. The fraction of sp³-hybridized carbons (Fsp3) is 0.941. The number of amides is 1. The van der Waals surface area contributed by atoms with Gasteiger partial charge in [-0.25, -0.2) is 0 Å². The number of rotatable bonds is 11. The summed E-state index contributed by atoms with van der Waals surface area (Å²) in [4.78, 5) is 14.3. The molecule has 1 atom stereocenters. The molecule has 0 aromatic carbocycles. The van der Waals surface area contributed by atoms with Crippen LogP contribution in [0.25, 0.3) is 0 Å². The third-order valence-corrected chi connectivity index (χ3v) is 4.22. The van der Waals surface area contributed by atoms with Gasteiger partial charge in [0.15, 0.2) is 0 Å². The average molecular weight is 282 g/mol. The van der Waals surface area contributed by atoms with Gasteiger partial charge in [0.2, 0.25) is 5.91 Å². The Labute approximate surface area is 125 Å². The van der Waals surface area contributed by atoms with Gasteiger partial charge in [-0.2, -0.15) is 0 Å². The third-order valence-electron chi connectivity index (χ3n) is 4.22. The summed E-state index contributed by atoms with van der Waals surface area (Å²) < 4.78 is 0. The fourth-order valence-electron chi connectivity index (χ4n) is 3.05. The van der Waals surface area contributed by atoms with Crippen LogP contribution < -0.4 is 5.32 Å². The first-order chi connectivity index (χ1) is 9.76. The second-order valence-corrected chi connectivity index (χ2v) is 6.24. The Morgan fingerprint density at radius 2 is 1.70 bits per heavy atom. The van der Waals surface area contributed by atoms with Crippen molar-refractivity contribution in [2.75, 3.05) is 19.6 Å². The van der Waals surface area contributed by atoms with E-state index in [1.807, 2.05) is 0 Å². The molecule has 1 unspecified atom stereocenters. The van der Waals surface area contributed by atoms with Crippen LogP contribution in [0.15, 0.2) is 0 Å². The van der Waals surface area contributed by atoms with Crippen molar-refractivity contribution in [2.45, 2.75) is 84.1 Å². The molecule has 1 amide bonds. The monoisotopic (exact) mass is 282 g/mol. The van der Waals surface area contributed by atoms with Gasteiger partial charge in [0.05, 0.1) is 6.54 Å². The Morgan fingerprint density at radius 1 is 1.00 bits per heavy atom. The van der Waals surface area contributed by atoms with Crippen LogP contribution >= 0.6 is 0 Å². The minimum atomic E-state index is 0.235. The molecule has 0 saturated carbocycles. The van der Waals surface area contributed by atoms with E-state index >= 15 is 0 Å². The largest absolute Gasteiger partial charge is 0.352 e. The summed E-state index contributed by atoms with van der Waals surface area (Å²) in [5.41, 5.74) is 0. The van der Waals surface area contributed by atoms with Crippen molar-refractivity contribution < 1.29 is 4.79 Å². The molecule has 118 valence electrons. The lowest BCUT2D eigenvalue weighted by molar-refractivity contribution is -0.122. The first kappa shape index (κ1) is 17.5. The maximum atomic E-state index is 12.1. The lowest BCUT2D eigenvalue weighted by atomic mass is 10.0. The van der Waals surface area contributed by atoms with Gasteiger partial charge in [-0.15, -0.1) is 0 Å². The van der Waals surface area contributed by atoms with Crippen LogP contribution in [-0.4, -0.2) is 36.5 Å². The molecule has 0 spiro atoms. The number of likely N-dealkylation sites (tertiary alicyclic amines) is 1. The van der Waals surface area contributed by atoms with E-state index in [0.29, 0.717) is 12.6 Å². The summed E-state index contributed by atoms with van der Waals surface area (Å²) in [7, 11) is 0. The highest BCUT2D eigenvalue weighted by molar-refractivity contribution is 5.78. The Bertz CT molecular complexity index is 249. The summed E-state index contributed by atoms with van der Waals surface area (Å²) in [5, 5.41) is 3.26. The van der Waals surface area contributed by atoms with Crippen LogP contribution in [0.2, 0.25) is 0 Å². The van der Waals surface area contributed by atoms with Gasteiger partial charge in [-0.05, 0) is 38.8 Å². The summed E-state index contributed by atoms with van der Waals surface area (Å²) >= 11 is 0. The Morgan fingerprint density at radius 3 is 2.35 bits per heavy atom. The maximum Gasteiger partial charge on any atom is 0.234 e. The molecule has 20 heavy (non-hydrogen) atoms. The quantitative estimate of drug-likeness (QED) is 0.586. The number of carbonyl (C=O) groups excluding carboxylic acids is 1. The van der Waals surface area contributed by atoms with Crippen LogP contribution in [0.1, 0.15) is 78.1 Å². The van der Waals surface area contributed by atoms with Gasteiger partial charge < -0.3 is 5.32 Å². The predicted octanol–water partition coefficient (Wildman–Crippen LogP) is 3.73. The van der Waals surface area contributed by atoms with Crippen LogP contribution in [-0.2, 0) is 4.79 Å². The summed E-state index contributed by atoms with van der Waals surface area (Å²) in [6.07, 6.45) is 12.5. The van der Waals surface area contributed by atoms with E-state index in [4.69, 9.17) is 0 Å². The molecular weight excluding hydrogens is 248 g/mol. The third kappa shape index (κ3) is 7.88. The van der Waals surface area contributed by atoms with E-state index in [0.717, 1.165) is 32.4 Å². The lowest BCUT2D eigenvalue weighted by Gasteiger charge is -2.20. The molecule has 1 fully saturated rings. The first-order valence-corrected chi connectivity index (χ1v) is 8.78. The van der Waals surface area contributed by atoms with Crippen molar-refractivity contribution in [1.82, 2.24) is 10.2 Å². The zero-order valence-electron chi connectivity index (χ0n) is 13.6. The predicted molar refractivity (Wildman–Crippen MR) is 85.9 cm³/mol. The van der Waals surface area contributed by atoms with Gasteiger partial charge in [-0.3, -0.25) is 9.69 Å². The Kier molecular flexibility index (Phi) is 9.73. The minimum absolute atomic E-state index is 0.235. The normalized spacial score (nSPS) is 17.3. The Hall–Kier alpha value is -0.570. The molecule has 0 aromatic heterocycles. The van der Waals surface area contributed by atoms with E-state index in [1.165, 1.54) is 44.9 Å². The van der Waals surface area contributed by atoms with Gasteiger partial charge in [0, 0.05) is 6.04 Å². The van der Waals surface area contributed by atoms with Gasteiger partial charge in [-0.1, -0.05) is 52.4 Å². The van der Waals surface area contributed by atoms with Gasteiger partial charge >= 0.3 is 0 Å². The lowest BCUT2D eigenvalue weighted by Crippen LogP contribution is -2.41. The smallest absolute Gasteiger partial charge is 0.234 e. The first-order valence-electron chi connectivity index (χ1n) is 8.78. The number of nitrogens with zero attached hydrogens (tertiary/aromatic N) is 1. The van der Waals surface area contributed by atoms with Crippen LogP contribution in [0.5, 0.6) is 0 Å². The van der Waals surface area contributed by atoms with E-state index in [1.54, 1.807) is 0 Å². The molecule has 0 aliphatic carbocycles. The van der Waals surface area contributed by atoms with Crippen LogP contribution in [0.4, 0.5) is 0 Å². The van der Waals surface area contributed by atoms with Crippen molar-refractivity contribution in [3.05, 3.63) is 0 Å². The zero-order chi connectivity index (χ0) is 14.6. The van der Waals surface area contributed by atoms with E-state index in [2.05, 4.69) is 24.1 Å². The molecule has 1 saturated heterocycles. The molecule has 1 N–H and O–H groups in total. The molecule has 0 aromatic rings. The van der Waals surface area contributed by atoms with Gasteiger partial charge in [0.25, 0.3) is 0 Å². The maximum absolute atomic E-state index is 12.1. The van der Waals surface area contributed by atoms with Crippen molar-refractivity contribution >= 4 is 5.91 Å². The number of hydrogen-bond donors (Lipinski definition) is 1. The minimum Gasteiger partial charge on any atom is -0.352 e. The standard InChI is InChI=1S/C17H34N2O/c1-3-5-6-7-8-12-16(11-4-2)18-17(20)15-19-13-9-10-14-19/h16H,3-15H2,1-2H3,(H,18,20). The average Bonchev–Trinajstić information content (AvgIpc) is 2.91. The fourth-order valence-corrected chi connectivity index (χ4v) is 3.05. The molecule has 0 bridgehead atoms. The molecule has 1 heterocycles. The topological polar surface area (TPSA) is 32.3 Å². The Balaban J connectivity index is 2.17. The van der Waals surface area contributed by atoms with Crippen molar-refractivity contribution in [1.29, 1.82) is 0 Å². The summed E-state index contributed by atoms with van der Waals surface area (Å²) in [6, 6.07) is 0.400. The second kappa shape index (κ2) is 11.1. The molecule has 1 aliphatic heterocycles. The van der Waals surface area contributed by atoms with Crippen molar-refractivity contribution in [2.24, 2.45) is 0 Å². The molecule has 3 heteroatoms. The molecular formula is C17H34N2O. The number of nitrogens with one attached hydrogen (secondary N) is 1.